The highest BCUT2D eigenvalue weighted by atomic mass is 16.5. The van der Waals surface area contributed by atoms with Gasteiger partial charge in [-0.25, -0.2) is 0 Å². The van der Waals surface area contributed by atoms with Crippen LogP contribution in [0.15, 0.2) is 0 Å². The van der Waals surface area contributed by atoms with E-state index in [2.05, 4.69) is 0 Å². The van der Waals surface area contributed by atoms with Gasteiger partial charge >= 0.3 is 0 Å². The molecular weight excluding hydrogens is 198 g/mol. The zero-order chi connectivity index (χ0) is 11.7. The summed E-state index contributed by atoms with van der Waals surface area (Å²) in [5, 5.41) is 18.0. The molecule has 15 heavy (non-hydrogen) atoms. The summed E-state index contributed by atoms with van der Waals surface area (Å²) in [6.07, 6.45) is 0. The van der Waals surface area contributed by atoms with Gasteiger partial charge < -0.3 is 19.4 Å². The molecule has 0 saturated carbocycles. The number of methoxy groups -OCH3 is 1. The second-order valence-corrected chi connectivity index (χ2v) is 3.81. The van der Waals surface area contributed by atoms with Gasteiger partial charge in [-0.15, -0.1) is 0 Å². The molecule has 0 aromatic heterocycles. The normalized spacial score (nSPS) is 11.7. The SMILES string of the molecule is COCC[N+](CCO)(CCO)CC(C)=O. The molecule has 90 valence electrons. The third-order valence-electron chi connectivity index (χ3n) is 2.48. The number of hydrogen-bond donors (Lipinski definition) is 2. The Morgan fingerprint density at radius 1 is 1.20 bits per heavy atom. The maximum Gasteiger partial charge on any atom is 0.183 e. The van der Waals surface area contributed by atoms with Crippen molar-refractivity contribution in [3.05, 3.63) is 0 Å². The van der Waals surface area contributed by atoms with Crippen LogP contribution in [0.1, 0.15) is 6.92 Å². The van der Waals surface area contributed by atoms with Gasteiger partial charge in [0.2, 0.25) is 0 Å². The Kier molecular flexibility index (Phi) is 7.50. The molecule has 0 rings (SSSR count). The average Bonchev–Trinajstić information content (AvgIpc) is 2.14. The number of ether oxygens (including phenoxy) is 1. The van der Waals surface area contributed by atoms with Crippen LogP contribution in [0, 0.1) is 0 Å². The third-order valence-corrected chi connectivity index (χ3v) is 2.48. The Morgan fingerprint density at radius 2 is 1.73 bits per heavy atom. The second-order valence-electron chi connectivity index (χ2n) is 3.81. The first kappa shape index (κ1) is 14.5. The van der Waals surface area contributed by atoms with E-state index in [1.54, 1.807) is 7.11 Å². The molecule has 0 fully saturated rings. The number of quaternary nitrogens is 1. The van der Waals surface area contributed by atoms with Crippen molar-refractivity contribution in [3.63, 3.8) is 0 Å². The molecule has 0 aliphatic carbocycles. The van der Waals surface area contributed by atoms with E-state index in [1.807, 2.05) is 0 Å². The van der Waals surface area contributed by atoms with Crippen LogP contribution in [-0.4, -0.2) is 73.6 Å². The maximum atomic E-state index is 11.2. The number of ketones is 1. The molecule has 0 aliphatic rings. The summed E-state index contributed by atoms with van der Waals surface area (Å²) in [5.41, 5.74) is 0. The van der Waals surface area contributed by atoms with Crippen molar-refractivity contribution >= 4 is 5.78 Å². The van der Waals surface area contributed by atoms with Gasteiger partial charge in [-0.2, -0.15) is 0 Å². The van der Waals surface area contributed by atoms with Crippen molar-refractivity contribution in [1.82, 2.24) is 0 Å². The lowest BCUT2D eigenvalue weighted by Crippen LogP contribution is -2.55. The van der Waals surface area contributed by atoms with Gasteiger partial charge in [0.1, 0.15) is 26.2 Å². The van der Waals surface area contributed by atoms with Crippen molar-refractivity contribution in [3.8, 4) is 0 Å². The molecule has 0 heterocycles. The van der Waals surface area contributed by atoms with Crippen LogP contribution in [0.4, 0.5) is 0 Å². The number of Topliss-reactive ketones (excluding diaryl/α,β-unsaturated/α-hetero) is 1. The van der Waals surface area contributed by atoms with Gasteiger partial charge in [-0.1, -0.05) is 0 Å². The van der Waals surface area contributed by atoms with E-state index in [1.165, 1.54) is 6.92 Å². The van der Waals surface area contributed by atoms with Gasteiger partial charge in [0.05, 0.1) is 19.8 Å². The highest BCUT2D eigenvalue weighted by Crippen LogP contribution is 2.06. The van der Waals surface area contributed by atoms with E-state index in [9.17, 15) is 4.79 Å². The van der Waals surface area contributed by atoms with Gasteiger partial charge in [0.15, 0.2) is 5.78 Å². The molecule has 0 aliphatic heterocycles. The van der Waals surface area contributed by atoms with E-state index in [4.69, 9.17) is 14.9 Å². The number of rotatable bonds is 9. The zero-order valence-electron chi connectivity index (χ0n) is 9.61. The Balaban J connectivity index is 4.47. The van der Waals surface area contributed by atoms with E-state index in [0.717, 1.165) is 0 Å². The number of hydrogen-bond acceptors (Lipinski definition) is 4. The van der Waals surface area contributed by atoms with Gasteiger partial charge in [0.25, 0.3) is 0 Å². The first-order valence-corrected chi connectivity index (χ1v) is 5.15. The molecule has 0 saturated heterocycles. The Morgan fingerprint density at radius 3 is 2.07 bits per heavy atom. The Hall–Kier alpha value is -0.490. The molecule has 2 N–H and O–H groups in total. The van der Waals surface area contributed by atoms with E-state index < -0.39 is 0 Å². The number of nitrogens with zero attached hydrogens (tertiary/aromatic N) is 1. The lowest BCUT2D eigenvalue weighted by atomic mass is 10.2. The highest BCUT2D eigenvalue weighted by molar-refractivity contribution is 5.76. The fourth-order valence-electron chi connectivity index (χ4n) is 1.75. The minimum absolute atomic E-state index is 0.0109. The average molecular weight is 220 g/mol. The van der Waals surface area contributed by atoms with E-state index >= 15 is 0 Å². The predicted molar refractivity (Wildman–Crippen MR) is 56.5 cm³/mol. The first-order valence-electron chi connectivity index (χ1n) is 5.15. The summed E-state index contributed by atoms with van der Waals surface area (Å²) in [4.78, 5) is 11.2. The number of aliphatic hydroxyl groups is 2. The summed E-state index contributed by atoms with van der Waals surface area (Å²) in [5.74, 6) is 0.0630. The van der Waals surface area contributed by atoms with Gasteiger partial charge in [0, 0.05) is 14.0 Å². The molecule has 0 aromatic carbocycles. The van der Waals surface area contributed by atoms with Crippen LogP contribution >= 0.6 is 0 Å². The molecular formula is C10H22NO4+. The molecule has 5 heteroatoms. The smallest absolute Gasteiger partial charge is 0.183 e. The first-order chi connectivity index (χ1) is 7.10. The number of carbonyl (C=O) groups excluding carboxylic acids is 1. The molecule has 0 bridgehead atoms. The molecule has 0 radical (unpaired) electrons. The lowest BCUT2D eigenvalue weighted by molar-refractivity contribution is -0.921. The lowest BCUT2D eigenvalue weighted by Gasteiger charge is -2.36. The van der Waals surface area contributed by atoms with E-state index in [0.29, 0.717) is 37.3 Å². The molecule has 5 nitrogen and oxygen atoms in total. The topological polar surface area (TPSA) is 66.8 Å². The molecule has 0 spiro atoms. The largest absolute Gasteiger partial charge is 0.391 e. The van der Waals surface area contributed by atoms with Crippen LogP contribution in [0.25, 0.3) is 0 Å². The summed E-state index contributed by atoms with van der Waals surface area (Å²) in [6.45, 7) is 3.99. The van der Waals surface area contributed by atoms with Gasteiger partial charge in [-0.05, 0) is 0 Å². The van der Waals surface area contributed by atoms with Crippen molar-refractivity contribution in [1.29, 1.82) is 0 Å². The number of carbonyl (C=O) groups is 1. The monoisotopic (exact) mass is 220 g/mol. The molecule has 0 atom stereocenters. The van der Waals surface area contributed by atoms with Crippen molar-refractivity contribution in [2.24, 2.45) is 0 Å². The quantitative estimate of drug-likeness (QED) is 0.490. The van der Waals surface area contributed by atoms with Crippen LogP contribution in [0.3, 0.4) is 0 Å². The summed E-state index contributed by atoms with van der Waals surface area (Å²) in [7, 11) is 1.60. The van der Waals surface area contributed by atoms with Crippen LogP contribution in [0.5, 0.6) is 0 Å². The van der Waals surface area contributed by atoms with Crippen molar-refractivity contribution in [2.75, 3.05) is 53.1 Å². The highest BCUT2D eigenvalue weighted by Gasteiger charge is 2.27. The fourth-order valence-corrected chi connectivity index (χ4v) is 1.75. The molecule has 0 unspecified atom stereocenters. The number of aliphatic hydroxyl groups excluding tert-OH is 2. The zero-order valence-corrected chi connectivity index (χ0v) is 9.61. The van der Waals surface area contributed by atoms with E-state index in [-0.39, 0.29) is 19.0 Å². The summed E-state index contributed by atoms with van der Waals surface area (Å²) >= 11 is 0. The standard InChI is InChI=1S/C10H22NO4/c1-10(14)9-11(3-6-12,4-7-13)5-8-15-2/h12-13H,3-9H2,1-2H3/q+1. The van der Waals surface area contributed by atoms with Crippen LogP contribution in [-0.2, 0) is 9.53 Å². The van der Waals surface area contributed by atoms with Crippen molar-refractivity contribution in [2.45, 2.75) is 6.92 Å². The van der Waals surface area contributed by atoms with Gasteiger partial charge in [-0.3, -0.25) is 4.79 Å². The summed E-state index contributed by atoms with van der Waals surface area (Å²) < 4.78 is 5.38. The third kappa shape index (κ3) is 5.84. The minimum atomic E-state index is 0.0109. The van der Waals surface area contributed by atoms with Crippen molar-refractivity contribution < 1.29 is 24.2 Å². The Labute approximate surface area is 90.9 Å². The molecule has 0 aromatic rings. The second kappa shape index (κ2) is 7.76. The van der Waals surface area contributed by atoms with Crippen LogP contribution in [0.2, 0.25) is 0 Å². The fraction of sp³-hybridized carbons (Fsp3) is 0.900. The molecule has 0 amide bonds. The Bertz CT molecular complexity index is 178. The summed E-state index contributed by atoms with van der Waals surface area (Å²) in [6, 6.07) is 0. The minimum Gasteiger partial charge on any atom is -0.391 e. The van der Waals surface area contributed by atoms with Crippen LogP contribution < -0.4 is 0 Å². The predicted octanol–water partition coefficient (Wildman–Crippen LogP) is -0.977. The maximum absolute atomic E-state index is 11.2.